The number of amides is 1. The third kappa shape index (κ3) is 6.87. The fraction of sp³-hybridized carbons (Fsp3) is 0.429. The van der Waals surface area contributed by atoms with Crippen LogP contribution in [0.3, 0.4) is 0 Å². The SMILES string of the molecule is C=CCc1c(OCCCOc2ccc3c(c2CCC)OC(OC(=O)O)CC3)ccc(C(=O)NC)c1OC. The van der Waals surface area contributed by atoms with E-state index in [-0.39, 0.29) is 5.91 Å². The van der Waals surface area contributed by atoms with Gasteiger partial charge in [0, 0.05) is 31.0 Å². The van der Waals surface area contributed by atoms with E-state index in [2.05, 4.69) is 18.8 Å². The highest BCUT2D eigenvalue weighted by molar-refractivity contribution is 5.97. The first-order chi connectivity index (χ1) is 17.9. The predicted octanol–water partition coefficient (Wildman–Crippen LogP) is 4.93. The molecule has 9 heteroatoms. The van der Waals surface area contributed by atoms with Gasteiger partial charge in [0.05, 0.1) is 25.9 Å². The number of aryl methyl sites for hydroxylation is 1. The Labute approximate surface area is 217 Å². The second-order valence-corrected chi connectivity index (χ2v) is 8.50. The zero-order valence-electron chi connectivity index (χ0n) is 21.6. The Hall–Kier alpha value is -3.88. The van der Waals surface area contributed by atoms with Crippen molar-refractivity contribution in [2.75, 3.05) is 27.4 Å². The average molecular weight is 514 g/mol. The average Bonchev–Trinajstić information content (AvgIpc) is 2.89. The fourth-order valence-electron chi connectivity index (χ4n) is 4.34. The van der Waals surface area contributed by atoms with E-state index in [1.54, 1.807) is 25.3 Å². The number of hydrogen-bond acceptors (Lipinski definition) is 7. The molecular weight excluding hydrogens is 478 g/mol. The van der Waals surface area contributed by atoms with E-state index in [0.717, 1.165) is 29.5 Å². The van der Waals surface area contributed by atoms with Gasteiger partial charge in [-0.2, -0.15) is 0 Å². The number of carbonyl (C=O) groups is 2. The maximum atomic E-state index is 12.2. The van der Waals surface area contributed by atoms with Gasteiger partial charge in [-0.15, -0.1) is 6.58 Å². The summed E-state index contributed by atoms with van der Waals surface area (Å²) in [6.07, 6.45) is 3.43. The van der Waals surface area contributed by atoms with Crippen LogP contribution in [0.1, 0.15) is 53.2 Å². The molecule has 1 amide bonds. The first kappa shape index (κ1) is 27.7. The molecule has 0 aromatic heterocycles. The molecule has 0 fully saturated rings. The summed E-state index contributed by atoms with van der Waals surface area (Å²) in [7, 11) is 3.10. The lowest BCUT2D eigenvalue weighted by Gasteiger charge is -2.27. The number of rotatable bonds is 13. The highest BCUT2D eigenvalue weighted by Gasteiger charge is 2.27. The van der Waals surface area contributed by atoms with Crippen molar-refractivity contribution in [3.63, 3.8) is 0 Å². The van der Waals surface area contributed by atoms with Crippen LogP contribution in [0.4, 0.5) is 4.79 Å². The summed E-state index contributed by atoms with van der Waals surface area (Å²) in [6, 6.07) is 7.35. The van der Waals surface area contributed by atoms with Crippen molar-refractivity contribution in [2.45, 2.75) is 51.7 Å². The summed E-state index contributed by atoms with van der Waals surface area (Å²) in [5.41, 5.74) is 3.14. The number of methoxy groups -OCH3 is 1. The Balaban J connectivity index is 1.65. The van der Waals surface area contributed by atoms with Gasteiger partial charge < -0.3 is 34.1 Å². The minimum atomic E-state index is -1.35. The molecule has 0 radical (unpaired) electrons. The van der Waals surface area contributed by atoms with Crippen LogP contribution in [0, 0.1) is 0 Å². The van der Waals surface area contributed by atoms with Gasteiger partial charge in [0.1, 0.15) is 23.0 Å². The molecule has 1 heterocycles. The van der Waals surface area contributed by atoms with Gasteiger partial charge in [-0.1, -0.05) is 25.5 Å². The summed E-state index contributed by atoms with van der Waals surface area (Å²) >= 11 is 0. The minimum absolute atomic E-state index is 0.236. The van der Waals surface area contributed by atoms with E-state index in [1.807, 2.05) is 12.1 Å². The lowest BCUT2D eigenvalue weighted by molar-refractivity contribution is -0.0640. The number of fused-ring (bicyclic) bond motifs is 1. The molecule has 2 N–H and O–H groups in total. The molecule has 2 aromatic carbocycles. The quantitative estimate of drug-likeness (QED) is 0.220. The third-order valence-electron chi connectivity index (χ3n) is 5.98. The van der Waals surface area contributed by atoms with Crippen LogP contribution in [0.15, 0.2) is 36.9 Å². The molecule has 0 saturated carbocycles. The van der Waals surface area contributed by atoms with E-state index >= 15 is 0 Å². The van der Waals surface area contributed by atoms with Crippen LogP contribution in [0.2, 0.25) is 0 Å². The van der Waals surface area contributed by atoms with Crippen molar-refractivity contribution in [3.8, 4) is 23.0 Å². The number of allylic oxidation sites excluding steroid dienone is 1. The molecule has 1 aliphatic heterocycles. The second-order valence-electron chi connectivity index (χ2n) is 8.50. The lowest BCUT2D eigenvalue weighted by Crippen LogP contribution is -2.28. The van der Waals surface area contributed by atoms with Gasteiger partial charge in [0.25, 0.3) is 5.91 Å². The Bertz CT molecular complexity index is 1110. The van der Waals surface area contributed by atoms with E-state index in [4.69, 9.17) is 28.8 Å². The Morgan fingerprint density at radius 3 is 2.49 bits per heavy atom. The van der Waals surface area contributed by atoms with Crippen molar-refractivity contribution in [2.24, 2.45) is 0 Å². The van der Waals surface area contributed by atoms with Gasteiger partial charge in [-0.25, -0.2) is 4.79 Å². The van der Waals surface area contributed by atoms with Gasteiger partial charge >= 0.3 is 6.16 Å². The summed E-state index contributed by atoms with van der Waals surface area (Å²) in [6.45, 7) is 6.68. The standard InChI is InChI=1S/C28H35NO8/c1-5-8-19-22(13-10-18-11-15-24(36-25(18)19)37-28(31)32)34-16-7-17-35-23-14-12-21(27(30)29-3)26(33-4)20(23)9-6-2/h6,10,12-14,24H,2,5,7-9,11,15-17H2,1,3-4H3,(H,29,30)(H,31,32). The first-order valence-corrected chi connectivity index (χ1v) is 12.4. The Kier molecular flexibility index (Phi) is 10.1. The topological polar surface area (TPSA) is 113 Å². The molecule has 3 rings (SSSR count). The number of ether oxygens (including phenoxy) is 5. The molecule has 2 aromatic rings. The molecule has 1 aliphatic rings. The van der Waals surface area contributed by atoms with E-state index in [1.165, 1.54) is 7.11 Å². The van der Waals surface area contributed by atoms with Gasteiger partial charge in [-0.3, -0.25) is 4.79 Å². The molecule has 200 valence electrons. The number of carbonyl (C=O) groups excluding carboxylic acids is 1. The maximum absolute atomic E-state index is 12.2. The molecule has 1 unspecified atom stereocenters. The van der Waals surface area contributed by atoms with Crippen LogP contribution in [0.5, 0.6) is 23.0 Å². The number of hydrogen-bond donors (Lipinski definition) is 2. The summed E-state index contributed by atoms with van der Waals surface area (Å²) in [5.74, 6) is 2.23. The molecule has 0 spiro atoms. The summed E-state index contributed by atoms with van der Waals surface area (Å²) in [5, 5.41) is 11.6. The van der Waals surface area contributed by atoms with Crippen molar-refractivity contribution >= 4 is 12.1 Å². The highest BCUT2D eigenvalue weighted by atomic mass is 16.8. The molecular formula is C28H35NO8. The van der Waals surface area contributed by atoms with Gasteiger partial charge in [0.2, 0.25) is 6.29 Å². The van der Waals surface area contributed by atoms with Crippen LogP contribution < -0.4 is 24.3 Å². The monoisotopic (exact) mass is 513 g/mol. The van der Waals surface area contributed by atoms with E-state index in [0.29, 0.717) is 67.5 Å². The van der Waals surface area contributed by atoms with Crippen molar-refractivity contribution in [1.29, 1.82) is 0 Å². The molecule has 0 aliphatic carbocycles. The largest absolute Gasteiger partial charge is 0.508 e. The lowest BCUT2D eigenvalue weighted by atomic mass is 9.98. The highest BCUT2D eigenvalue weighted by Crippen LogP contribution is 2.38. The number of benzene rings is 2. The molecule has 0 saturated heterocycles. The normalized spacial score (nSPS) is 14.1. The molecule has 9 nitrogen and oxygen atoms in total. The van der Waals surface area contributed by atoms with E-state index in [9.17, 15) is 9.59 Å². The maximum Gasteiger partial charge on any atom is 0.508 e. The van der Waals surface area contributed by atoms with Crippen LogP contribution in [-0.2, 0) is 24.0 Å². The minimum Gasteiger partial charge on any atom is -0.495 e. The second kappa shape index (κ2) is 13.4. The first-order valence-electron chi connectivity index (χ1n) is 12.4. The molecule has 0 bridgehead atoms. The zero-order valence-corrected chi connectivity index (χ0v) is 21.6. The van der Waals surface area contributed by atoms with Crippen LogP contribution in [0.25, 0.3) is 0 Å². The zero-order chi connectivity index (χ0) is 26.8. The number of carboxylic acid groups (broad SMARTS) is 1. The Morgan fingerprint density at radius 2 is 1.86 bits per heavy atom. The smallest absolute Gasteiger partial charge is 0.495 e. The van der Waals surface area contributed by atoms with Crippen molar-refractivity contribution < 1.29 is 38.4 Å². The predicted molar refractivity (Wildman–Crippen MR) is 138 cm³/mol. The molecule has 37 heavy (non-hydrogen) atoms. The fourth-order valence-corrected chi connectivity index (χ4v) is 4.34. The van der Waals surface area contributed by atoms with Crippen molar-refractivity contribution in [3.05, 3.63) is 59.2 Å². The summed E-state index contributed by atoms with van der Waals surface area (Å²) < 4.78 is 28.4. The van der Waals surface area contributed by atoms with Gasteiger partial charge in [-0.05, 0) is 43.0 Å². The number of nitrogens with one attached hydrogen (secondary N) is 1. The molecule has 1 atom stereocenters. The van der Waals surface area contributed by atoms with Crippen LogP contribution in [-0.4, -0.2) is 50.8 Å². The van der Waals surface area contributed by atoms with Gasteiger partial charge in [0.15, 0.2) is 0 Å². The van der Waals surface area contributed by atoms with E-state index < -0.39 is 12.4 Å². The van der Waals surface area contributed by atoms with Crippen LogP contribution >= 0.6 is 0 Å². The third-order valence-corrected chi connectivity index (χ3v) is 5.98. The van der Waals surface area contributed by atoms with Crippen molar-refractivity contribution in [1.82, 2.24) is 5.32 Å². The summed E-state index contributed by atoms with van der Waals surface area (Å²) in [4.78, 5) is 23.2. The Morgan fingerprint density at radius 1 is 1.16 bits per heavy atom.